The minimum atomic E-state index is -0.538. The molecule has 0 saturated carbocycles. The molecule has 3 aromatic carbocycles. The Hall–Kier alpha value is -3.82. The van der Waals surface area contributed by atoms with Crippen molar-refractivity contribution in [3.8, 4) is 17.6 Å². The third-order valence-corrected chi connectivity index (χ3v) is 4.61. The van der Waals surface area contributed by atoms with E-state index in [1.54, 1.807) is 54.6 Å². The number of anilines is 1. The third kappa shape index (κ3) is 6.34. The second-order valence-corrected chi connectivity index (χ2v) is 7.12. The van der Waals surface area contributed by atoms with Crippen molar-refractivity contribution in [3.63, 3.8) is 0 Å². The van der Waals surface area contributed by atoms with Gasteiger partial charge in [-0.1, -0.05) is 29.8 Å². The van der Waals surface area contributed by atoms with E-state index in [2.05, 4.69) is 5.32 Å². The molecule has 0 unspecified atom stereocenters. The maximum absolute atomic E-state index is 13.1. The minimum absolute atomic E-state index is 0.0672. The molecule has 0 atom stereocenters. The zero-order valence-electron chi connectivity index (χ0n) is 17.3. The van der Waals surface area contributed by atoms with Crippen molar-refractivity contribution in [2.45, 2.75) is 13.5 Å². The van der Waals surface area contributed by atoms with Gasteiger partial charge < -0.3 is 14.8 Å². The molecule has 0 heterocycles. The Morgan fingerprint density at radius 3 is 2.44 bits per heavy atom. The molecule has 0 aliphatic carbocycles. The number of ether oxygens (including phenoxy) is 2. The summed E-state index contributed by atoms with van der Waals surface area (Å²) in [6.07, 6.45) is 1.47. The summed E-state index contributed by atoms with van der Waals surface area (Å²) in [7, 11) is 0. The summed E-state index contributed by atoms with van der Waals surface area (Å²) in [4.78, 5) is 12.5. The summed E-state index contributed by atoms with van der Waals surface area (Å²) in [5.41, 5.74) is 1.87. The first-order valence-corrected chi connectivity index (χ1v) is 10.2. The van der Waals surface area contributed by atoms with E-state index in [9.17, 15) is 14.4 Å². The number of nitrogens with zero attached hydrogens (tertiary/aromatic N) is 1. The van der Waals surface area contributed by atoms with Gasteiger partial charge in [-0.3, -0.25) is 4.79 Å². The highest BCUT2D eigenvalue weighted by molar-refractivity contribution is 6.30. The molecular formula is C25H20ClFN2O3. The van der Waals surface area contributed by atoms with Gasteiger partial charge in [0.15, 0.2) is 11.5 Å². The number of hydrogen-bond acceptors (Lipinski definition) is 4. The molecule has 0 fully saturated rings. The van der Waals surface area contributed by atoms with E-state index in [4.69, 9.17) is 21.1 Å². The lowest BCUT2D eigenvalue weighted by Crippen LogP contribution is -2.13. The zero-order valence-corrected chi connectivity index (χ0v) is 18.0. The van der Waals surface area contributed by atoms with Crippen LogP contribution in [-0.2, 0) is 11.4 Å². The molecule has 3 rings (SSSR count). The summed E-state index contributed by atoms with van der Waals surface area (Å²) in [5.74, 6) is 0.119. The van der Waals surface area contributed by atoms with E-state index >= 15 is 0 Å². The molecule has 1 N–H and O–H groups in total. The van der Waals surface area contributed by atoms with Crippen molar-refractivity contribution in [3.05, 3.63) is 94.3 Å². The summed E-state index contributed by atoms with van der Waals surface area (Å²) < 4.78 is 24.5. The van der Waals surface area contributed by atoms with Gasteiger partial charge in [-0.2, -0.15) is 5.26 Å². The molecular weight excluding hydrogens is 431 g/mol. The first-order valence-electron chi connectivity index (χ1n) is 9.81. The number of rotatable bonds is 8. The van der Waals surface area contributed by atoms with E-state index in [0.717, 1.165) is 5.56 Å². The summed E-state index contributed by atoms with van der Waals surface area (Å²) in [5, 5.41) is 12.7. The maximum Gasteiger partial charge on any atom is 0.266 e. The van der Waals surface area contributed by atoms with Gasteiger partial charge in [0.05, 0.1) is 6.61 Å². The molecule has 0 aliphatic heterocycles. The van der Waals surface area contributed by atoms with Gasteiger partial charge in [-0.15, -0.1) is 0 Å². The molecule has 0 radical (unpaired) electrons. The fourth-order valence-electron chi connectivity index (χ4n) is 2.79. The zero-order chi connectivity index (χ0) is 22.9. The molecule has 7 heteroatoms. The summed E-state index contributed by atoms with van der Waals surface area (Å²) in [6.45, 7) is 2.48. The lowest BCUT2D eigenvalue weighted by Gasteiger charge is -2.13. The molecule has 0 saturated heterocycles. The molecule has 3 aromatic rings. The number of nitrogens with one attached hydrogen (secondary N) is 1. The van der Waals surface area contributed by atoms with Crippen LogP contribution in [0.5, 0.6) is 11.5 Å². The van der Waals surface area contributed by atoms with E-state index in [1.807, 2.05) is 13.0 Å². The highest BCUT2D eigenvalue weighted by atomic mass is 35.5. The normalized spacial score (nSPS) is 10.9. The lowest BCUT2D eigenvalue weighted by molar-refractivity contribution is -0.112. The Kier molecular flexibility index (Phi) is 7.85. The van der Waals surface area contributed by atoms with Crippen LogP contribution in [0.4, 0.5) is 10.1 Å². The number of carbonyl (C=O) groups excluding carboxylic acids is 1. The third-order valence-electron chi connectivity index (χ3n) is 4.35. The molecule has 1 amide bonds. The second-order valence-electron chi connectivity index (χ2n) is 6.69. The first kappa shape index (κ1) is 22.9. The number of carbonyl (C=O) groups is 1. The maximum atomic E-state index is 13.1. The quantitative estimate of drug-likeness (QED) is 0.337. The smallest absolute Gasteiger partial charge is 0.266 e. The van der Waals surface area contributed by atoms with E-state index in [1.165, 1.54) is 18.2 Å². The van der Waals surface area contributed by atoms with Gasteiger partial charge in [0.1, 0.15) is 24.1 Å². The van der Waals surface area contributed by atoms with Crippen LogP contribution in [0.15, 0.2) is 72.3 Å². The SMILES string of the molecule is CCOc1cc(/C=C(/C#N)C(=O)Nc2ccc(Cl)cc2)ccc1OCc1ccc(F)cc1. The van der Waals surface area contributed by atoms with Crippen molar-refractivity contribution in [2.24, 2.45) is 0 Å². The largest absolute Gasteiger partial charge is 0.490 e. The molecule has 5 nitrogen and oxygen atoms in total. The standard InChI is InChI=1S/C25H20ClFN2O3/c1-2-31-24-14-18(5-12-23(24)32-16-17-3-8-21(27)9-4-17)13-19(15-28)25(30)29-22-10-6-20(26)7-11-22/h3-14H,2,16H2,1H3,(H,29,30)/b19-13-. The van der Waals surface area contributed by atoms with Gasteiger partial charge in [-0.05, 0) is 72.7 Å². The molecule has 0 aliphatic rings. The van der Waals surface area contributed by atoms with Crippen LogP contribution < -0.4 is 14.8 Å². The molecule has 0 bridgehead atoms. The topological polar surface area (TPSA) is 71.3 Å². The summed E-state index contributed by atoms with van der Waals surface area (Å²) in [6, 6.07) is 19.6. The Labute approximate surface area is 190 Å². The van der Waals surface area contributed by atoms with Crippen molar-refractivity contribution in [1.29, 1.82) is 5.26 Å². The number of amides is 1. The number of benzene rings is 3. The van der Waals surface area contributed by atoms with Crippen LogP contribution in [0, 0.1) is 17.1 Å². The van der Waals surface area contributed by atoms with Crippen LogP contribution in [0.3, 0.4) is 0 Å². The Morgan fingerprint density at radius 2 is 1.78 bits per heavy atom. The van der Waals surface area contributed by atoms with Gasteiger partial charge >= 0.3 is 0 Å². The van der Waals surface area contributed by atoms with E-state index in [0.29, 0.717) is 34.4 Å². The van der Waals surface area contributed by atoms with E-state index < -0.39 is 5.91 Å². The lowest BCUT2D eigenvalue weighted by atomic mass is 10.1. The molecule has 0 aromatic heterocycles. The predicted molar refractivity (Wildman–Crippen MR) is 122 cm³/mol. The molecule has 32 heavy (non-hydrogen) atoms. The average molecular weight is 451 g/mol. The van der Waals surface area contributed by atoms with Gasteiger partial charge in [-0.25, -0.2) is 4.39 Å². The Morgan fingerprint density at radius 1 is 1.06 bits per heavy atom. The van der Waals surface area contributed by atoms with Crippen LogP contribution >= 0.6 is 11.6 Å². The van der Waals surface area contributed by atoms with Crippen LogP contribution in [0.1, 0.15) is 18.1 Å². The van der Waals surface area contributed by atoms with Gasteiger partial charge in [0.2, 0.25) is 0 Å². The van der Waals surface area contributed by atoms with Crippen LogP contribution in [0.25, 0.3) is 6.08 Å². The van der Waals surface area contributed by atoms with Crippen LogP contribution in [-0.4, -0.2) is 12.5 Å². The Balaban J connectivity index is 1.76. The number of nitriles is 1. The fourth-order valence-corrected chi connectivity index (χ4v) is 2.92. The number of hydrogen-bond donors (Lipinski definition) is 1. The van der Waals surface area contributed by atoms with E-state index in [-0.39, 0.29) is 18.0 Å². The second kappa shape index (κ2) is 11.0. The Bertz CT molecular complexity index is 1150. The molecule has 162 valence electrons. The van der Waals surface area contributed by atoms with Crippen molar-refractivity contribution in [2.75, 3.05) is 11.9 Å². The fraction of sp³-hybridized carbons (Fsp3) is 0.120. The van der Waals surface area contributed by atoms with Gasteiger partial charge in [0, 0.05) is 10.7 Å². The summed E-state index contributed by atoms with van der Waals surface area (Å²) >= 11 is 5.85. The van der Waals surface area contributed by atoms with Gasteiger partial charge in [0.25, 0.3) is 5.91 Å². The predicted octanol–water partition coefficient (Wildman–Crippen LogP) is 6.00. The van der Waals surface area contributed by atoms with Crippen molar-refractivity contribution in [1.82, 2.24) is 0 Å². The highest BCUT2D eigenvalue weighted by Gasteiger charge is 2.12. The monoisotopic (exact) mass is 450 g/mol. The number of halogens is 2. The van der Waals surface area contributed by atoms with Crippen molar-refractivity contribution >= 4 is 29.3 Å². The van der Waals surface area contributed by atoms with Crippen molar-refractivity contribution < 1.29 is 18.7 Å². The first-order chi connectivity index (χ1) is 15.5. The minimum Gasteiger partial charge on any atom is -0.490 e. The average Bonchev–Trinajstić information content (AvgIpc) is 2.79. The highest BCUT2D eigenvalue weighted by Crippen LogP contribution is 2.30. The molecule has 0 spiro atoms. The van der Waals surface area contributed by atoms with Crippen LogP contribution in [0.2, 0.25) is 5.02 Å².